The molecule has 0 aliphatic heterocycles. The number of nitro benzene ring substituents is 2. The quantitative estimate of drug-likeness (QED) is 0.424. The Morgan fingerprint density at radius 3 is 1.79 bits per heavy atom. The smallest absolute Gasteiger partial charge is 0.269 e. The normalized spacial score (nSPS) is 19.8. The summed E-state index contributed by atoms with van der Waals surface area (Å²) in [5, 5.41) is 21.5. The predicted octanol–water partition coefficient (Wildman–Crippen LogP) is 4.97. The number of hydrogen-bond donors (Lipinski definition) is 0. The third kappa shape index (κ3) is 4.20. The van der Waals surface area contributed by atoms with Crippen molar-refractivity contribution in [3.8, 4) is 0 Å². The summed E-state index contributed by atoms with van der Waals surface area (Å²) in [6.07, 6.45) is 4.99. The van der Waals surface area contributed by atoms with Crippen LogP contribution in [0.25, 0.3) is 12.2 Å². The number of benzene rings is 2. The van der Waals surface area contributed by atoms with Gasteiger partial charge in [-0.15, -0.1) is 0 Å². The maximum Gasteiger partial charge on any atom is 0.269 e. The first-order chi connectivity index (χ1) is 13.3. The van der Waals surface area contributed by atoms with Crippen LogP contribution in [0.4, 0.5) is 11.4 Å². The lowest BCUT2D eigenvalue weighted by atomic mass is 9.80. The van der Waals surface area contributed by atoms with Gasteiger partial charge >= 0.3 is 0 Å². The molecule has 1 aliphatic rings. The highest BCUT2D eigenvalue weighted by atomic mass is 16.6. The lowest BCUT2D eigenvalue weighted by Gasteiger charge is -2.23. The van der Waals surface area contributed by atoms with Gasteiger partial charge in [0.25, 0.3) is 11.4 Å². The molecule has 0 radical (unpaired) electrons. The van der Waals surface area contributed by atoms with Crippen molar-refractivity contribution in [1.29, 1.82) is 0 Å². The van der Waals surface area contributed by atoms with Crippen LogP contribution >= 0.6 is 0 Å². The third-order valence-corrected chi connectivity index (χ3v) is 4.80. The zero-order valence-electron chi connectivity index (χ0n) is 15.2. The van der Waals surface area contributed by atoms with Crippen molar-refractivity contribution in [2.45, 2.75) is 19.8 Å². The first-order valence-electron chi connectivity index (χ1n) is 8.81. The van der Waals surface area contributed by atoms with E-state index in [1.165, 1.54) is 24.3 Å². The molecule has 0 heterocycles. The van der Waals surface area contributed by atoms with E-state index in [1.54, 1.807) is 36.4 Å². The van der Waals surface area contributed by atoms with Crippen LogP contribution in [0.15, 0.2) is 59.7 Å². The minimum Gasteiger partial charge on any atom is -0.289 e. The summed E-state index contributed by atoms with van der Waals surface area (Å²) < 4.78 is 0. The Kier molecular flexibility index (Phi) is 5.44. The van der Waals surface area contributed by atoms with Gasteiger partial charge in [0.2, 0.25) is 0 Å². The predicted molar refractivity (Wildman–Crippen MR) is 106 cm³/mol. The number of non-ortho nitro benzene ring substituents is 2. The van der Waals surface area contributed by atoms with Crippen molar-refractivity contribution >= 4 is 29.3 Å². The molecular weight excluding hydrogens is 360 g/mol. The largest absolute Gasteiger partial charge is 0.289 e. The standard InChI is InChI=1S/C21H18N2O5/c1-14-2-7-17(12-15-3-8-18(9-4-15)22(25)26)21(24)20(14)13-16-5-10-19(11-6-16)23(27)28/h3-6,8-14H,2,7H2,1H3/b17-12+,20-13-. The van der Waals surface area contributed by atoms with Gasteiger partial charge in [-0.05, 0) is 66.3 Å². The minimum atomic E-state index is -0.463. The average Bonchev–Trinajstić information content (AvgIpc) is 2.68. The monoisotopic (exact) mass is 378 g/mol. The average molecular weight is 378 g/mol. The molecule has 0 amide bonds. The molecule has 1 atom stereocenters. The summed E-state index contributed by atoms with van der Waals surface area (Å²) in [6.45, 7) is 1.98. The molecule has 7 heteroatoms. The molecule has 3 rings (SSSR count). The van der Waals surface area contributed by atoms with Crippen LogP contribution in [0.5, 0.6) is 0 Å². The van der Waals surface area contributed by atoms with Gasteiger partial charge < -0.3 is 0 Å². The number of nitrogens with zero attached hydrogens (tertiary/aromatic N) is 2. The molecule has 2 aromatic carbocycles. The van der Waals surface area contributed by atoms with Crippen LogP contribution in [0, 0.1) is 26.1 Å². The number of rotatable bonds is 4. The van der Waals surface area contributed by atoms with E-state index in [0.29, 0.717) is 17.6 Å². The van der Waals surface area contributed by atoms with E-state index in [9.17, 15) is 25.0 Å². The number of hydrogen-bond acceptors (Lipinski definition) is 5. The lowest BCUT2D eigenvalue weighted by molar-refractivity contribution is -0.385. The molecule has 0 bridgehead atoms. The number of nitro groups is 2. The van der Waals surface area contributed by atoms with Crippen molar-refractivity contribution < 1.29 is 14.6 Å². The molecule has 0 saturated heterocycles. The summed E-state index contributed by atoms with van der Waals surface area (Å²) in [7, 11) is 0. The number of carbonyl (C=O) groups excluding carboxylic acids is 1. The highest BCUT2D eigenvalue weighted by molar-refractivity contribution is 6.14. The molecule has 1 unspecified atom stereocenters. The SMILES string of the molecule is CC1CC/C(=C\c2ccc([N+](=O)[O-])cc2)C(=O)/C1=C\c1ccc([N+](=O)[O-])cc1. The Hall–Kier alpha value is -3.61. The van der Waals surface area contributed by atoms with Crippen LogP contribution in [0.3, 0.4) is 0 Å². The molecule has 1 aliphatic carbocycles. The lowest BCUT2D eigenvalue weighted by Crippen LogP contribution is -2.19. The van der Waals surface area contributed by atoms with E-state index in [-0.39, 0.29) is 23.1 Å². The van der Waals surface area contributed by atoms with Crippen molar-refractivity contribution in [3.05, 3.63) is 91.0 Å². The van der Waals surface area contributed by atoms with Crippen molar-refractivity contribution in [2.24, 2.45) is 5.92 Å². The second-order valence-corrected chi connectivity index (χ2v) is 6.74. The van der Waals surface area contributed by atoms with E-state index < -0.39 is 9.85 Å². The Bertz CT molecular complexity index is 988. The molecule has 28 heavy (non-hydrogen) atoms. The first kappa shape index (κ1) is 19.2. The van der Waals surface area contributed by atoms with Gasteiger partial charge in [0.05, 0.1) is 9.85 Å². The first-order valence-corrected chi connectivity index (χ1v) is 8.81. The number of ketones is 1. The van der Waals surface area contributed by atoms with E-state index in [0.717, 1.165) is 17.5 Å². The second-order valence-electron chi connectivity index (χ2n) is 6.74. The molecule has 0 aromatic heterocycles. The Labute approximate surface area is 161 Å². The minimum absolute atomic E-state index is 0.00363. The number of Topliss-reactive ketones (excluding diaryl/α,β-unsaturated/α-hetero) is 1. The van der Waals surface area contributed by atoms with Crippen LogP contribution in [0.1, 0.15) is 30.9 Å². The van der Waals surface area contributed by atoms with E-state index in [4.69, 9.17) is 0 Å². The van der Waals surface area contributed by atoms with E-state index in [1.807, 2.05) is 6.92 Å². The van der Waals surface area contributed by atoms with E-state index in [2.05, 4.69) is 0 Å². The van der Waals surface area contributed by atoms with Crippen LogP contribution in [-0.2, 0) is 4.79 Å². The van der Waals surface area contributed by atoms with Crippen LogP contribution in [0.2, 0.25) is 0 Å². The fourth-order valence-corrected chi connectivity index (χ4v) is 3.16. The summed E-state index contributed by atoms with van der Waals surface area (Å²) in [6, 6.07) is 12.1. The molecule has 2 aromatic rings. The molecular formula is C21H18N2O5. The Balaban J connectivity index is 1.87. The molecule has 0 spiro atoms. The molecule has 0 N–H and O–H groups in total. The van der Waals surface area contributed by atoms with Crippen LogP contribution < -0.4 is 0 Å². The maximum atomic E-state index is 12.9. The van der Waals surface area contributed by atoms with Crippen molar-refractivity contribution in [3.63, 3.8) is 0 Å². The van der Waals surface area contributed by atoms with Crippen molar-refractivity contribution in [1.82, 2.24) is 0 Å². The van der Waals surface area contributed by atoms with Gasteiger partial charge in [-0.1, -0.05) is 6.92 Å². The highest BCUT2D eigenvalue weighted by Crippen LogP contribution is 2.33. The summed E-state index contributed by atoms with van der Waals surface area (Å²) in [5.41, 5.74) is 2.79. The summed E-state index contributed by atoms with van der Waals surface area (Å²) in [5.74, 6) is 0.0205. The van der Waals surface area contributed by atoms with E-state index >= 15 is 0 Å². The van der Waals surface area contributed by atoms with Gasteiger partial charge in [0, 0.05) is 35.4 Å². The molecule has 7 nitrogen and oxygen atoms in total. The fraction of sp³-hybridized carbons (Fsp3) is 0.190. The van der Waals surface area contributed by atoms with Crippen LogP contribution in [-0.4, -0.2) is 15.6 Å². The Morgan fingerprint density at radius 2 is 1.32 bits per heavy atom. The van der Waals surface area contributed by atoms with Gasteiger partial charge in [0.1, 0.15) is 0 Å². The number of carbonyl (C=O) groups is 1. The zero-order valence-corrected chi connectivity index (χ0v) is 15.2. The number of allylic oxidation sites excluding steroid dienone is 2. The Morgan fingerprint density at radius 1 is 0.857 bits per heavy atom. The molecule has 142 valence electrons. The summed E-state index contributed by atoms with van der Waals surface area (Å²) >= 11 is 0. The highest BCUT2D eigenvalue weighted by Gasteiger charge is 2.26. The molecule has 1 saturated carbocycles. The summed E-state index contributed by atoms with van der Waals surface area (Å²) in [4.78, 5) is 33.5. The van der Waals surface area contributed by atoms with Gasteiger partial charge in [0.15, 0.2) is 5.78 Å². The van der Waals surface area contributed by atoms with Gasteiger partial charge in [-0.2, -0.15) is 0 Å². The third-order valence-electron chi connectivity index (χ3n) is 4.80. The van der Waals surface area contributed by atoms with Gasteiger partial charge in [-0.25, -0.2) is 0 Å². The maximum absolute atomic E-state index is 12.9. The topological polar surface area (TPSA) is 103 Å². The zero-order chi connectivity index (χ0) is 20.3. The molecule has 1 fully saturated rings. The van der Waals surface area contributed by atoms with Gasteiger partial charge in [-0.3, -0.25) is 25.0 Å². The van der Waals surface area contributed by atoms with Crippen molar-refractivity contribution in [2.75, 3.05) is 0 Å². The second kappa shape index (κ2) is 7.96. The fourth-order valence-electron chi connectivity index (χ4n) is 3.16.